The Labute approximate surface area is 252 Å². The summed E-state index contributed by atoms with van der Waals surface area (Å²) in [7, 11) is -3.96. The predicted octanol–water partition coefficient (Wildman–Crippen LogP) is 5.19. The second-order valence-electron chi connectivity index (χ2n) is 11.7. The summed E-state index contributed by atoms with van der Waals surface area (Å²) < 4.78 is 59.1. The number of carbonyl (C=O) groups excluding carboxylic acids is 2. The summed E-state index contributed by atoms with van der Waals surface area (Å²) >= 11 is 0. The lowest BCUT2D eigenvalue weighted by Crippen LogP contribution is -2.64. The summed E-state index contributed by atoms with van der Waals surface area (Å²) in [6, 6.07) is 20.0. The molecule has 9 nitrogen and oxygen atoms in total. The maximum absolute atomic E-state index is 13.7. The number of nitrogens with one attached hydrogen (secondary N) is 1. The molecule has 1 saturated heterocycles. The molecule has 1 heterocycles. The van der Waals surface area contributed by atoms with E-state index in [1.165, 1.54) is 40.7 Å². The van der Waals surface area contributed by atoms with E-state index >= 15 is 0 Å². The second-order valence-corrected chi connectivity index (χ2v) is 13.7. The van der Waals surface area contributed by atoms with E-state index in [-0.39, 0.29) is 24.4 Å². The van der Waals surface area contributed by atoms with Crippen molar-refractivity contribution in [2.45, 2.75) is 69.3 Å². The molecule has 1 aliphatic heterocycles. The first-order valence-electron chi connectivity index (χ1n) is 14.0. The van der Waals surface area contributed by atoms with Crippen LogP contribution in [0.1, 0.15) is 45.7 Å². The number of benzene rings is 3. The van der Waals surface area contributed by atoms with Crippen molar-refractivity contribution in [1.29, 1.82) is 0 Å². The first kappa shape index (κ1) is 32.0. The average Bonchev–Trinajstić information content (AvgIpc) is 2.90. The molecule has 0 saturated carbocycles. The van der Waals surface area contributed by atoms with E-state index in [0.29, 0.717) is 11.3 Å². The smallest absolute Gasteiger partial charge is 0.408 e. The molecule has 1 atom stereocenters. The summed E-state index contributed by atoms with van der Waals surface area (Å²) in [5, 5.41) is 2.55. The van der Waals surface area contributed by atoms with Gasteiger partial charge in [0, 0.05) is 6.42 Å². The maximum Gasteiger partial charge on any atom is 0.408 e. The Balaban J connectivity index is 1.54. The number of sulfonamides is 1. The van der Waals surface area contributed by atoms with Gasteiger partial charge in [0.2, 0.25) is 10.0 Å². The Morgan fingerprint density at radius 1 is 0.977 bits per heavy atom. The Morgan fingerprint density at radius 3 is 2.23 bits per heavy atom. The minimum Gasteiger partial charge on any atom is -0.480 e. The summed E-state index contributed by atoms with van der Waals surface area (Å²) in [5.41, 5.74) is -0.455. The average molecular weight is 613 g/mol. The van der Waals surface area contributed by atoms with Crippen molar-refractivity contribution in [3.63, 3.8) is 0 Å². The highest BCUT2D eigenvalue weighted by molar-refractivity contribution is 7.89. The van der Waals surface area contributed by atoms with Crippen molar-refractivity contribution in [2.24, 2.45) is 0 Å². The summed E-state index contributed by atoms with van der Waals surface area (Å²) in [6.07, 6.45) is -1.23. The SMILES string of the molecule is CC(C)OC(=O)[C@H](Cc1cccc(S(=O)(=O)N2CC(Oc3ccc(F)cc3)(c3ccccc3)C2)c1)NC(=O)OC(C)(C)C. The minimum atomic E-state index is -3.96. The fourth-order valence-corrected chi connectivity index (χ4v) is 6.25. The molecule has 3 aromatic rings. The molecular formula is C32H37FN2O7S. The van der Waals surface area contributed by atoms with Gasteiger partial charge in [0.25, 0.3) is 0 Å². The van der Waals surface area contributed by atoms with Crippen LogP contribution in [-0.4, -0.2) is 55.6 Å². The van der Waals surface area contributed by atoms with Crippen LogP contribution in [0.4, 0.5) is 9.18 Å². The fourth-order valence-electron chi connectivity index (χ4n) is 4.64. The molecule has 1 fully saturated rings. The van der Waals surface area contributed by atoms with E-state index in [9.17, 15) is 22.4 Å². The Morgan fingerprint density at radius 2 is 1.63 bits per heavy atom. The van der Waals surface area contributed by atoms with Gasteiger partial charge in [0.05, 0.1) is 24.1 Å². The number of hydrogen-bond donors (Lipinski definition) is 1. The number of esters is 1. The van der Waals surface area contributed by atoms with Gasteiger partial charge >= 0.3 is 12.1 Å². The molecule has 0 radical (unpaired) electrons. The normalized spacial score (nSPS) is 15.7. The zero-order chi connectivity index (χ0) is 31.4. The molecule has 230 valence electrons. The van der Waals surface area contributed by atoms with Crippen LogP contribution in [0.15, 0.2) is 83.8 Å². The molecule has 1 N–H and O–H groups in total. The number of alkyl carbamates (subject to hydrolysis) is 1. The van der Waals surface area contributed by atoms with Crippen molar-refractivity contribution >= 4 is 22.1 Å². The van der Waals surface area contributed by atoms with Gasteiger partial charge in [-0.15, -0.1) is 0 Å². The molecular weight excluding hydrogens is 575 g/mol. The summed E-state index contributed by atoms with van der Waals surface area (Å²) in [6.45, 7) is 8.56. The number of halogens is 1. The quantitative estimate of drug-likeness (QED) is 0.314. The molecule has 11 heteroatoms. The van der Waals surface area contributed by atoms with Crippen LogP contribution < -0.4 is 10.1 Å². The van der Waals surface area contributed by atoms with Gasteiger partial charge in [-0.25, -0.2) is 22.4 Å². The third kappa shape index (κ3) is 8.11. The van der Waals surface area contributed by atoms with Gasteiger partial charge < -0.3 is 19.5 Å². The Kier molecular flexibility index (Phi) is 9.46. The zero-order valence-electron chi connectivity index (χ0n) is 24.9. The van der Waals surface area contributed by atoms with E-state index < -0.39 is 51.3 Å². The number of rotatable bonds is 10. The Hall–Kier alpha value is -3.96. The van der Waals surface area contributed by atoms with Gasteiger partial charge in [-0.05, 0) is 82.1 Å². The van der Waals surface area contributed by atoms with E-state index in [4.69, 9.17) is 14.2 Å². The first-order valence-corrected chi connectivity index (χ1v) is 15.4. The van der Waals surface area contributed by atoms with Gasteiger partial charge in [0.15, 0.2) is 5.60 Å². The lowest BCUT2D eigenvalue weighted by Gasteiger charge is -2.48. The van der Waals surface area contributed by atoms with Crippen LogP contribution in [0.2, 0.25) is 0 Å². The van der Waals surface area contributed by atoms with E-state index in [1.54, 1.807) is 46.8 Å². The van der Waals surface area contributed by atoms with Crippen LogP contribution in [0.5, 0.6) is 5.75 Å². The van der Waals surface area contributed by atoms with Crippen molar-refractivity contribution in [3.05, 3.63) is 95.8 Å². The number of amides is 1. The summed E-state index contributed by atoms with van der Waals surface area (Å²) in [5.74, 6) is -0.650. The molecule has 0 unspecified atom stereocenters. The molecule has 4 rings (SSSR count). The molecule has 43 heavy (non-hydrogen) atoms. The van der Waals surface area contributed by atoms with Crippen LogP contribution in [0.25, 0.3) is 0 Å². The standard InChI is InChI=1S/C32H37FN2O7S/c1-22(2)40-29(36)28(34-30(37)42-31(3,4)5)19-23-10-9-13-27(18-23)43(38,39)35-20-32(21-35,24-11-7-6-8-12-24)41-26-16-14-25(33)15-17-26/h6-18,22,28H,19-21H2,1-5H3,(H,34,37)/t28-/m0/s1. The van der Waals surface area contributed by atoms with Crippen molar-refractivity contribution in [3.8, 4) is 5.75 Å². The number of ether oxygens (including phenoxy) is 3. The van der Waals surface area contributed by atoms with Crippen LogP contribution in [0.3, 0.4) is 0 Å². The lowest BCUT2D eigenvalue weighted by atomic mass is 9.87. The number of nitrogens with zero attached hydrogens (tertiary/aromatic N) is 1. The summed E-state index contributed by atoms with van der Waals surface area (Å²) in [4.78, 5) is 25.3. The van der Waals surface area contributed by atoms with Crippen molar-refractivity contribution in [2.75, 3.05) is 13.1 Å². The molecule has 0 aliphatic carbocycles. The lowest BCUT2D eigenvalue weighted by molar-refractivity contribution is -0.149. The fraction of sp³-hybridized carbons (Fsp3) is 0.375. The molecule has 0 aromatic heterocycles. The van der Waals surface area contributed by atoms with Crippen LogP contribution in [-0.2, 0) is 36.3 Å². The van der Waals surface area contributed by atoms with Gasteiger partial charge in [0.1, 0.15) is 23.2 Å². The van der Waals surface area contributed by atoms with Gasteiger partial charge in [-0.2, -0.15) is 4.31 Å². The monoisotopic (exact) mass is 612 g/mol. The molecule has 3 aromatic carbocycles. The molecule has 0 spiro atoms. The molecule has 1 aliphatic rings. The highest BCUT2D eigenvalue weighted by atomic mass is 32.2. The van der Waals surface area contributed by atoms with Crippen LogP contribution >= 0.6 is 0 Å². The molecule has 0 bridgehead atoms. The molecule has 1 amide bonds. The van der Waals surface area contributed by atoms with E-state index in [1.807, 2.05) is 30.3 Å². The van der Waals surface area contributed by atoms with Gasteiger partial charge in [-0.1, -0.05) is 42.5 Å². The number of carbonyl (C=O) groups is 2. The van der Waals surface area contributed by atoms with Gasteiger partial charge in [-0.3, -0.25) is 0 Å². The first-order chi connectivity index (χ1) is 20.2. The van der Waals surface area contributed by atoms with Crippen molar-refractivity contribution < 1.29 is 36.6 Å². The zero-order valence-corrected chi connectivity index (χ0v) is 25.7. The third-order valence-electron chi connectivity index (χ3n) is 6.59. The van der Waals surface area contributed by atoms with Crippen molar-refractivity contribution in [1.82, 2.24) is 9.62 Å². The maximum atomic E-state index is 13.7. The third-order valence-corrected chi connectivity index (χ3v) is 8.38. The topological polar surface area (TPSA) is 111 Å². The second kappa shape index (κ2) is 12.7. The Bertz CT molecular complexity index is 1530. The highest BCUT2D eigenvalue weighted by Gasteiger charge is 2.52. The highest BCUT2D eigenvalue weighted by Crippen LogP contribution is 2.40. The van der Waals surface area contributed by atoms with E-state index in [0.717, 1.165) is 5.56 Å². The van der Waals surface area contributed by atoms with Crippen LogP contribution in [0, 0.1) is 5.82 Å². The predicted molar refractivity (Wildman–Crippen MR) is 158 cm³/mol. The largest absolute Gasteiger partial charge is 0.480 e. The number of hydrogen-bond acceptors (Lipinski definition) is 7. The minimum absolute atomic E-state index is 0.0181. The van der Waals surface area contributed by atoms with E-state index in [2.05, 4.69) is 5.32 Å².